The van der Waals surface area contributed by atoms with E-state index in [2.05, 4.69) is 0 Å². The van der Waals surface area contributed by atoms with Gasteiger partial charge >= 0.3 is 0 Å². The quantitative estimate of drug-likeness (QED) is 0.696. The number of halogens is 3. The second-order valence-corrected chi connectivity index (χ2v) is 5.06. The molecular weight excluding hydrogens is 230 g/mol. The van der Waals surface area contributed by atoms with E-state index in [1.165, 1.54) is 25.0 Å². The molecule has 88 valence electrons. The first-order valence-corrected chi connectivity index (χ1v) is 6.18. The third-order valence-corrected chi connectivity index (χ3v) is 3.85. The predicted octanol–water partition coefficient (Wildman–Crippen LogP) is 4.30. The lowest BCUT2D eigenvalue weighted by Gasteiger charge is -2.16. The fraction of sp³-hybridized carbons (Fsp3) is 0.538. The third kappa shape index (κ3) is 2.73. The second kappa shape index (κ2) is 5.13. The van der Waals surface area contributed by atoms with Gasteiger partial charge in [0.2, 0.25) is 0 Å². The highest BCUT2D eigenvalue weighted by Gasteiger charge is 2.24. The van der Waals surface area contributed by atoms with Crippen LogP contribution in [0.25, 0.3) is 0 Å². The highest BCUT2D eigenvalue weighted by atomic mass is 35.5. The zero-order valence-electron chi connectivity index (χ0n) is 9.06. The Morgan fingerprint density at radius 2 is 1.94 bits per heavy atom. The Balaban J connectivity index is 2.02. The average molecular weight is 245 g/mol. The van der Waals surface area contributed by atoms with E-state index in [9.17, 15) is 8.78 Å². The Labute approximate surface area is 99.6 Å². The molecule has 0 N–H and O–H groups in total. The normalized spacial score (nSPS) is 18.9. The van der Waals surface area contributed by atoms with Crippen molar-refractivity contribution in [2.24, 2.45) is 5.92 Å². The maximum Gasteiger partial charge on any atom is 0.129 e. The molecule has 0 saturated heterocycles. The van der Waals surface area contributed by atoms with Crippen molar-refractivity contribution in [2.75, 3.05) is 0 Å². The Morgan fingerprint density at radius 1 is 1.25 bits per heavy atom. The van der Waals surface area contributed by atoms with Crippen LogP contribution in [0, 0.1) is 17.6 Å². The molecule has 3 heteroatoms. The van der Waals surface area contributed by atoms with Crippen molar-refractivity contribution >= 4 is 11.6 Å². The van der Waals surface area contributed by atoms with Gasteiger partial charge in [0.15, 0.2) is 0 Å². The molecule has 0 aliphatic heterocycles. The molecule has 0 nitrogen and oxygen atoms in total. The Bertz CT molecular complexity index is 359. The van der Waals surface area contributed by atoms with Gasteiger partial charge in [-0.15, -0.1) is 11.6 Å². The van der Waals surface area contributed by atoms with Crippen molar-refractivity contribution in [2.45, 2.75) is 37.5 Å². The van der Waals surface area contributed by atoms with Gasteiger partial charge in [-0.1, -0.05) is 18.9 Å². The molecule has 0 spiro atoms. The highest BCUT2D eigenvalue weighted by Crippen LogP contribution is 2.32. The van der Waals surface area contributed by atoms with Gasteiger partial charge < -0.3 is 0 Å². The highest BCUT2D eigenvalue weighted by molar-refractivity contribution is 6.20. The summed E-state index contributed by atoms with van der Waals surface area (Å²) in [4.78, 5) is 0. The topological polar surface area (TPSA) is 0 Å². The largest absolute Gasteiger partial charge is 0.207 e. The second-order valence-electron chi connectivity index (χ2n) is 4.50. The lowest BCUT2D eigenvalue weighted by atomic mass is 9.97. The van der Waals surface area contributed by atoms with E-state index in [-0.39, 0.29) is 5.38 Å². The minimum Gasteiger partial charge on any atom is -0.207 e. The first-order valence-electron chi connectivity index (χ1n) is 5.75. The zero-order chi connectivity index (χ0) is 11.5. The summed E-state index contributed by atoms with van der Waals surface area (Å²) in [6.07, 6.45) is 5.21. The van der Waals surface area contributed by atoms with Crippen LogP contribution >= 0.6 is 11.6 Å². The molecule has 1 fully saturated rings. The minimum absolute atomic E-state index is 0.0255. The third-order valence-electron chi connectivity index (χ3n) is 3.34. The van der Waals surface area contributed by atoms with E-state index in [4.69, 9.17) is 11.6 Å². The molecule has 1 saturated carbocycles. The summed E-state index contributed by atoms with van der Waals surface area (Å²) in [7, 11) is 0. The van der Waals surface area contributed by atoms with E-state index in [1.54, 1.807) is 0 Å². The van der Waals surface area contributed by atoms with Crippen LogP contribution in [0.15, 0.2) is 18.2 Å². The lowest BCUT2D eigenvalue weighted by Crippen LogP contribution is -2.15. The minimum atomic E-state index is -0.534. The van der Waals surface area contributed by atoms with Gasteiger partial charge in [-0.25, -0.2) is 8.78 Å². The fourth-order valence-electron chi connectivity index (χ4n) is 2.38. The number of benzene rings is 1. The zero-order valence-corrected chi connectivity index (χ0v) is 9.81. The maximum atomic E-state index is 13.4. The lowest BCUT2D eigenvalue weighted by molar-refractivity contribution is 0.500. The van der Waals surface area contributed by atoms with Crippen LogP contribution in [0.3, 0.4) is 0 Å². The molecule has 1 aliphatic rings. The van der Waals surface area contributed by atoms with Crippen molar-refractivity contribution in [1.29, 1.82) is 0 Å². The van der Waals surface area contributed by atoms with Gasteiger partial charge in [0.05, 0.1) is 0 Å². The van der Waals surface area contributed by atoms with Gasteiger partial charge in [-0.3, -0.25) is 0 Å². The van der Waals surface area contributed by atoms with Crippen LogP contribution in [0.4, 0.5) is 8.78 Å². The molecule has 1 aromatic carbocycles. The molecule has 1 atom stereocenters. The summed E-state index contributed by atoms with van der Waals surface area (Å²) in [5.74, 6) is -0.525. The van der Waals surface area contributed by atoms with E-state index in [1.807, 2.05) is 0 Å². The van der Waals surface area contributed by atoms with Crippen molar-refractivity contribution in [3.05, 3.63) is 35.4 Å². The maximum absolute atomic E-state index is 13.4. The molecular formula is C13H15ClF2. The Hall–Kier alpha value is -0.630. The summed E-state index contributed by atoms with van der Waals surface area (Å²) in [6, 6.07) is 3.71. The molecule has 16 heavy (non-hydrogen) atoms. The fourth-order valence-corrected chi connectivity index (χ4v) is 2.80. The monoisotopic (exact) mass is 244 g/mol. The van der Waals surface area contributed by atoms with Gasteiger partial charge in [0.25, 0.3) is 0 Å². The summed E-state index contributed by atoms with van der Waals surface area (Å²) in [5.41, 5.74) is 0.522. The van der Waals surface area contributed by atoms with Crippen LogP contribution in [-0.2, 0) is 6.42 Å². The van der Waals surface area contributed by atoms with Crippen molar-refractivity contribution in [3.63, 3.8) is 0 Å². The van der Waals surface area contributed by atoms with Crippen molar-refractivity contribution in [3.8, 4) is 0 Å². The van der Waals surface area contributed by atoms with Crippen LogP contribution < -0.4 is 0 Å². The Morgan fingerprint density at radius 3 is 2.56 bits per heavy atom. The molecule has 1 aromatic rings. The number of hydrogen-bond acceptors (Lipinski definition) is 0. The molecule has 0 heterocycles. The molecule has 0 amide bonds. The Kier molecular flexibility index (Phi) is 3.80. The molecule has 2 rings (SSSR count). The summed E-state index contributed by atoms with van der Waals surface area (Å²) < 4.78 is 26.1. The average Bonchev–Trinajstić information content (AvgIpc) is 2.75. The van der Waals surface area contributed by atoms with Gasteiger partial charge in [0, 0.05) is 11.4 Å². The van der Waals surface area contributed by atoms with Crippen molar-refractivity contribution < 1.29 is 8.78 Å². The number of alkyl halides is 1. The summed E-state index contributed by atoms with van der Waals surface area (Å²) in [6.45, 7) is 0. The van der Waals surface area contributed by atoms with E-state index in [0.717, 1.165) is 18.9 Å². The molecule has 0 radical (unpaired) electrons. The molecule has 1 aliphatic carbocycles. The van der Waals surface area contributed by atoms with Gasteiger partial charge in [0.1, 0.15) is 11.6 Å². The standard InChI is InChI=1S/C13H15ClF2/c14-12(9-3-1-2-4-9)7-10-5-6-11(15)8-13(10)16/h5-6,8-9,12H,1-4,7H2. The van der Waals surface area contributed by atoms with Crippen LogP contribution in [0.5, 0.6) is 0 Å². The smallest absolute Gasteiger partial charge is 0.129 e. The van der Waals surface area contributed by atoms with E-state index >= 15 is 0 Å². The number of hydrogen-bond donors (Lipinski definition) is 0. The van der Waals surface area contributed by atoms with Gasteiger partial charge in [-0.05, 0) is 36.8 Å². The first kappa shape index (κ1) is 11.8. The molecule has 1 unspecified atom stereocenters. The summed E-state index contributed by atoms with van der Waals surface area (Å²) in [5, 5.41) is -0.0255. The van der Waals surface area contributed by atoms with Gasteiger partial charge in [-0.2, -0.15) is 0 Å². The van der Waals surface area contributed by atoms with E-state index < -0.39 is 11.6 Å². The van der Waals surface area contributed by atoms with E-state index in [0.29, 0.717) is 17.9 Å². The predicted molar refractivity (Wildman–Crippen MR) is 61.7 cm³/mol. The van der Waals surface area contributed by atoms with Crippen LogP contribution in [0.2, 0.25) is 0 Å². The summed E-state index contributed by atoms with van der Waals surface area (Å²) >= 11 is 6.27. The van der Waals surface area contributed by atoms with Crippen LogP contribution in [-0.4, -0.2) is 5.38 Å². The SMILES string of the molecule is Fc1ccc(CC(Cl)C2CCCC2)c(F)c1. The molecule has 0 bridgehead atoms. The number of rotatable bonds is 3. The molecule has 0 aromatic heterocycles. The van der Waals surface area contributed by atoms with Crippen LogP contribution in [0.1, 0.15) is 31.2 Å². The first-order chi connectivity index (χ1) is 7.66. The van der Waals surface area contributed by atoms with Crippen molar-refractivity contribution in [1.82, 2.24) is 0 Å².